The monoisotopic (exact) mass is 261 g/mol. The van der Waals surface area contributed by atoms with Crippen LogP contribution in [0.5, 0.6) is 5.75 Å². The molecular weight excluding hydrogens is 234 g/mol. The molecule has 2 rings (SSSR count). The second-order valence-electron chi connectivity index (χ2n) is 6.12. The molecule has 1 unspecified atom stereocenters. The van der Waals surface area contributed by atoms with Crippen LogP contribution in [0.2, 0.25) is 0 Å². The maximum Gasteiger partial charge on any atom is 0.119 e. The lowest BCUT2D eigenvalue weighted by Gasteiger charge is -2.23. The number of nitrogens with one attached hydrogen (secondary N) is 1. The van der Waals surface area contributed by atoms with Crippen molar-refractivity contribution in [2.45, 2.75) is 46.6 Å². The van der Waals surface area contributed by atoms with Crippen molar-refractivity contribution in [2.24, 2.45) is 11.3 Å². The second-order valence-corrected chi connectivity index (χ2v) is 6.12. The fraction of sp³-hybridized carbons (Fsp3) is 0.647. The van der Waals surface area contributed by atoms with Crippen LogP contribution in [-0.2, 0) is 0 Å². The third-order valence-electron chi connectivity index (χ3n) is 4.57. The highest BCUT2D eigenvalue weighted by molar-refractivity contribution is 5.29. The topological polar surface area (TPSA) is 21.3 Å². The zero-order valence-corrected chi connectivity index (χ0v) is 12.7. The molecule has 1 saturated carbocycles. The first-order chi connectivity index (χ1) is 9.07. The SMILES string of the molecule is CCOc1ccc(C(C)NCC2(C(C)C)CC2)cc1. The van der Waals surface area contributed by atoms with E-state index in [0.717, 1.165) is 24.8 Å². The summed E-state index contributed by atoms with van der Waals surface area (Å²) in [6.45, 7) is 10.8. The van der Waals surface area contributed by atoms with Gasteiger partial charge in [0, 0.05) is 12.6 Å². The van der Waals surface area contributed by atoms with Crippen molar-refractivity contribution in [3.63, 3.8) is 0 Å². The van der Waals surface area contributed by atoms with E-state index in [4.69, 9.17) is 4.74 Å². The molecule has 0 saturated heterocycles. The first kappa shape index (κ1) is 14.4. The van der Waals surface area contributed by atoms with Crippen LogP contribution >= 0.6 is 0 Å². The van der Waals surface area contributed by atoms with Crippen LogP contribution in [0, 0.1) is 11.3 Å². The Morgan fingerprint density at radius 2 is 1.79 bits per heavy atom. The van der Waals surface area contributed by atoms with Crippen molar-refractivity contribution >= 4 is 0 Å². The van der Waals surface area contributed by atoms with Gasteiger partial charge in [-0.15, -0.1) is 0 Å². The minimum atomic E-state index is 0.409. The van der Waals surface area contributed by atoms with E-state index in [0.29, 0.717) is 11.5 Å². The molecule has 0 amide bonds. The van der Waals surface area contributed by atoms with Crippen LogP contribution in [-0.4, -0.2) is 13.2 Å². The highest BCUT2D eigenvalue weighted by atomic mass is 16.5. The molecule has 19 heavy (non-hydrogen) atoms. The molecule has 0 radical (unpaired) electrons. The summed E-state index contributed by atoms with van der Waals surface area (Å²) < 4.78 is 5.48. The number of hydrogen-bond donors (Lipinski definition) is 1. The zero-order chi connectivity index (χ0) is 13.9. The summed E-state index contributed by atoms with van der Waals surface area (Å²) in [6, 6.07) is 8.86. The lowest BCUT2D eigenvalue weighted by atomic mass is 9.92. The number of rotatable bonds is 7. The van der Waals surface area contributed by atoms with Crippen LogP contribution in [0.25, 0.3) is 0 Å². The molecule has 106 valence electrons. The van der Waals surface area contributed by atoms with E-state index in [1.54, 1.807) is 0 Å². The molecule has 2 heteroatoms. The summed E-state index contributed by atoms with van der Waals surface area (Å²) >= 11 is 0. The Labute approximate surface area is 117 Å². The Balaban J connectivity index is 1.87. The smallest absolute Gasteiger partial charge is 0.119 e. The van der Waals surface area contributed by atoms with Gasteiger partial charge in [-0.1, -0.05) is 26.0 Å². The van der Waals surface area contributed by atoms with Crippen molar-refractivity contribution in [1.29, 1.82) is 0 Å². The van der Waals surface area contributed by atoms with Gasteiger partial charge in [0.1, 0.15) is 5.75 Å². The van der Waals surface area contributed by atoms with E-state index in [-0.39, 0.29) is 0 Å². The van der Waals surface area contributed by atoms with E-state index < -0.39 is 0 Å². The van der Waals surface area contributed by atoms with Crippen LogP contribution in [0.15, 0.2) is 24.3 Å². The molecule has 2 nitrogen and oxygen atoms in total. The Morgan fingerprint density at radius 3 is 2.26 bits per heavy atom. The predicted octanol–water partition coefficient (Wildman–Crippen LogP) is 4.17. The van der Waals surface area contributed by atoms with Gasteiger partial charge in [0.15, 0.2) is 0 Å². The van der Waals surface area contributed by atoms with E-state index in [1.165, 1.54) is 18.4 Å². The Kier molecular flexibility index (Phi) is 4.51. The standard InChI is InChI=1S/C17H27NO/c1-5-19-16-8-6-15(7-9-16)14(4)18-12-17(10-11-17)13(2)3/h6-9,13-14,18H,5,10-12H2,1-4H3. The van der Waals surface area contributed by atoms with Crippen LogP contribution in [0.3, 0.4) is 0 Å². The maximum atomic E-state index is 5.48. The van der Waals surface area contributed by atoms with Gasteiger partial charge in [0.25, 0.3) is 0 Å². The molecular formula is C17H27NO. The van der Waals surface area contributed by atoms with E-state index in [9.17, 15) is 0 Å². The lowest BCUT2D eigenvalue weighted by Crippen LogP contribution is -2.29. The second kappa shape index (κ2) is 5.96. The third kappa shape index (κ3) is 3.50. The first-order valence-electron chi connectivity index (χ1n) is 7.53. The zero-order valence-electron chi connectivity index (χ0n) is 12.7. The fourth-order valence-electron chi connectivity index (χ4n) is 2.61. The number of ether oxygens (including phenoxy) is 1. The summed E-state index contributed by atoms with van der Waals surface area (Å²) in [6.07, 6.45) is 2.77. The Hall–Kier alpha value is -1.02. The summed E-state index contributed by atoms with van der Waals surface area (Å²) in [5.41, 5.74) is 1.91. The molecule has 0 aromatic heterocycles. The molecule has 1 atom stereocenters. The van der Waals surface area contributed by atoms with E-state index >= 15 is 0 Å². The molecule has 1 aliphatic rings. The van der Waals surface area contributed by atoms with Crippen molar-refractivity contribution in [2.75, 3.05) is 13.2 Å². The van der Waals surface area contributed by atoms with Gasteiger partial charge in [0.2, 0.25) is 0 Å². The number of benzene rings is 1. The molecule has 1 N–H and O–H groups in total. The van der Waals surface area contributed by atoms with Gasteiger partial charge in [-0.25, -0.2) is 0 Å². The summed E-state index contributed by atoms with van der Waals surface area (Å²) in [5, 5.41) is 3.69. The number of hydrogen-bond acceptors (Lipinski definition) is 2. The van der Waals surface area contributed by atoms with Crippen molar-refractivity contribution in [1.82, 2.24) is 5.32 Å². The molecule has 0 spiro atoms. The van der Waals surface area contributed by atoms with Crippen molar-refractivity contribution in [3.8, 4) is 5.75 Å². The molecule has 1 aromatic carbocycles. The minimum absolute atomic E-state index is 0.409. The summed E-state index contributed by atoms with van der Waals surface area (Å²) in [4.78, 5) is 0. The predicted molar refractivity (Wildman–Crippen MR) is 80.5 cm³/mol. The normalized spacial score (nSPS) is 18.4. The highest BCUT2D eigenvalue weighted by Gasteiger charge is 2.44. The fourth-order valence-corrected chi connectivity index (χ4v) is 2.61. The van der Waals surface area contributed by atoms with Crippen LogP contribution in [0.1, 0.15) is 52.1 Å². The average Bonchev–Trinajstić information content (AvgIpc) is 3.18. The van der Waals surface area contributed by atoms with Crippen molar-refractivity contribution < 1.29 is 4.74 Å². The van der Waals surface area contributed by atoms with Gasteiger partial charge in [0.05, 0.1) is 6.61 Å². The molecule has 1 aromatic rings. The molecule has 0 heterocycles. The van der Waals surface area contributed by atoms with Gasteiger partial charge >= 0.3 is 0 Å². The van der Waals surface area contributed by atoms with Gasteiger partial charge in [-0.05, 0) is 55.7 Å². The molecule has 0 aliphatic heterocycles. The van der Waals surface area contributed by atoms with Gasteiger partial charge in [-0.2, -0.15) is 0 Å². The quantitative estimate of drug-likeness (QED) is 0.795. The van der Waals surface area contributed by atoms with Crippen molar-refractivity contribution in [3.05, 3.63) is 29.8 Å². The Morgan fingerprint density at radius 1 is 1.16 bits per heavy atom. The molecule has 1 aliphatic carbocycles. The molecule has 1 fully saturated rings. The van der Waals surface area contributed by atoms with Crippen LogP contribution < -0.4 is 10.1 Å². The average molecular weight is 261 g/mol. The van der Waals surface area contributed by atoms with E-state index in [1.807, 2.05) is 6.92 Å². The Bertz CT molecular complexity index is 392. The maximum absolute atomic E-state index is 5.48. The highest BCUT2D eigenvalue weighted by Crippen LogP contribution is 2.51. The van der Waals surface area contributed by atoms with Crippen LogP contribution in [0.4, 0.5) is 0 Å². The van der Waals surface area contributed by atoms with E-state index in [2.05, 4.69) is 50.4 Å². The summed E-state index contributed by atoms with van der Waals surface area (Å²) in [5.74, 6) is 1.74. The lowest BCUT2D eigenvalue weighted by molar-refractivity contribution is 0.324. The minimum Gasteiger partial charge on any atom is -0.494 e. The largest absolute Gasteiger partial charge is 0.494 e. The van der Waals surface area contributed by atoms with Gasteiger partial charge in [-0.3, -0.25) is 0 Å². The third-order valence-corrected chi connectivity index (χ3v) is 4.57. The van der Waals surface area contributed by atoms with Gasteiger partial charge < -0.3 is 10.1 Å². The first-order valence-corrected chi connectivity index (χ1v) is 7.53. The summed E-state index contributed by atoms with van der Waals surface area (Å²) in [7, 11) is 0. The molecule has 0 bridgehead atoms.